The third kappa shape index (κ3) is 3.23. The fourth-order valence-electron chi connectivity index (χ4n) is 1.27. The average Bonchev–Trinajstić information content (AvgIpc) is 2.31. The molecule has 0 heterocycles. The van der Waals surface area contributed by atoms with Crippen LogP contribution in [0.5, 0.6) is 0 Å². The predicted molar refractivity (Wildman–Crippen MR) is 62.1 cm³/mol. The van der Waals surface area contributed by atoms with Gasteiger partial charge in [-0.2, -0.15) is 8.78 Å². The summed E-state index contributed by atoms with van der Waals surface area (Å²) in [5.74, 6) is -1.48. The van der Waals surface area contributed by atoms with Crippen molar-refractivity contribution in [3.05, 3.63) is 23.8 Å². The van der Waals surface area contributed by atoms with Gasteiger partial charge in [-0.25, -0.2) is 13.1 Å². The van der Waals surface area contributed by atoms with Crippen LogP contribution in [0, 0.1) is 6.92 Å². The van der Waals surface area contributed by atoms with Crippen molar-refractivity contribution < 1.29 is 22.0 Å². The molecule has 8 heteroatoms. The van der Waals surface area contributed by atoms with Crippen molar-refractivity contribution in [1.82, 2.24) is 4.72 Å². The second-order valence-corrected chi connectivity index (χ2v) is 5.33. The second kappa shape index (κ2) is 5.40. The van der Waals surface area contributed by atoms with Gasteiger partial charge in [-0.15, -0.1) is 0 Å². The van der Waals surface area contributed by atoms with Gasteiger partial charge < -0.3 is 5.32 Å². The minimum atomic E-state index is -3.70. The fraction of sp³-hybridized carbons (Fsp3) is 0.300. The zero-order chi connectivity index (χ0) is 13.9. The molecule has 0 fully saturated rings. The highest BCUT2D eigenvalue weighted by molar-refractivity contribution is 7.89. The number of anilines is 1. The summed E-state index contributed by atoms with van der Waals surface area (Å²) in [5.41, 5.74) is 0.444. The normalized spacial score (nSPS) is 11.6. The van der Waals surface area contributed by atoms with E-state index >= 15 is 0 Å². The van der Waals surface area contributed by atoms with Crippen LogP contribution in [0.15, 0.2) is 23.1 Å². The lowest BCUT2D eigenvalue weighted by atomic mass is 10.2. The van der Waals surface area contributed by atoms with Crippen molar-refractivity contribution in [2.45, 2.75) is 18.2 Å². The van der Waals surface area contributed by atoms with Crippen LogP contribution in [0.25, 0.3) is 0 Å². The maximum Gasteiger partial charge on any atom is 0.315 e. The fourth-order valence-corrected chi connectivity index (χ4v) is 2.27. The number of hydrogen-bond donors (Lipinski definition) is 2. The van der Waals surface area contributed by atoms with Crippen LogP contribution < -0.4 is 10.0 Å². The van der Waals surface area contributed by atoms with Crippen molar-refractivity contribution in [2.24, 2.45) is 0 Å². The van der Waals surface area contributed by atoms with Crippen LogP contribution >= 0.6 is 0 Å². The number of carbonyl (C=O) groups is 1. The van der Waals surface area contributed by atoms with E-state index in [-0.39, 0.29) is 10.6 Å². The molecule has 1 amide bonds. The molecule has 0 radical (unpaired) electrons. The van der Waals surface area contributed by atoms with Crippen molar-refractivity contribution in [2.75, 3.05) is 12.4 Å². The molecule has 0 aromatic heterocycles. The molecule has 1 aromatic rings. The molecule has 0 spiro atoms. The molecule has 0 aliphatic rings. The van der Waals surface area contributed by atoms with E-state index in [4.69, 9.17) is 0 Å². The highest BCUT2D eigenvalue weighted by Crippen LogP contribution is 2.20. The lowest BCUT2D eigenvalue weighted by Gasteiger charge is -2.10. The molecule has 0 saturated heterocycles. The smallest absolute Gasteiger partial charge is 0.315 e. The number of amides is 1. The second-order valence-electron chi connectivity index (χ2n) is 3.48. The lowest BCUT2D eigenvalue weighted by molar-refractivity contribution is -0.126. The summed E-state index contributed by atoms with van der Waals surface area (Å²) < 4.78 is 49.5. The summed E-state index contributed by atoms with van der Waals surface area (Å²) in [6, 6.07) is 3.90. The summed E-state index contributed by atoms with van der Waals surface area (Å²) in [4.78, 5) is 10.7. The van der Waals surface area contributed by atoms with Crippen molar-refractivity contribution >= 4 is 21.6 Å². The van der Waals surface area contributed by atoms with E-state index in [1.165, 1.54) is 19.2 Å². The van der Waals surface area contributed by atoms with Gasteiger partial charge in [-0.1, -0.05) is 6.07 Å². The SMILES string of the molecule is CNS(=O)(=O)c1cc(NC(=O)C(F)F)ccc1C. The van der Waals surface area contributed by atoms with Gasteiger partial charge in [0.05, 0.1) is 4.90 Å². The van der Waals surface area contributed by atoms with Crippen molar-refractivity contribution in [1.29, 1.82) is 0 Å². The molecular formula is C10H12F2N2O3S. The van der Waals surface area contributed by atoms with Crippen LogP contribution in [0.4, 0.5) is 14.5 Å². The van der Waals surface area contributed by atoms with E-state index in [1.807, 2.05) is 5.32 Å². The Morgan fingerprint density at radius 2 is 1.94 bits per heavy atom. The Morgan fingerprint density at radius 3 is 2.44 bits per heavy atom. The molecule has 5 nitrogen and oxygen atoms in total. The Hall–Kier alpha value is -1.54. The molecule has 2 N–H and O–H groups in total. The minimum absolute atomic E-state index is 0.000255. The predicted octanol–water partition coefficient (Wildman–Crippen LogP) is 1.11. The molecule has 1 aromatic carbocycles. The van der Waals surface area contributed by atoms with Gasteiger partial charge in [0.15, 0.2) is 0 Å². The van der Waals surface area contributed by atoms with Gasteiger partial charge in [0, 0.05) is 5.69 Å². The van der Waals surface area contributed by atoms with Crippen LogP contribution in [-0.4, -0.2) is 27.8 Å². The van der Waals surface area contributed by atoms with Crippen molar-refractivity contribution in [3.63, 3.8) is 0 Å². The standard InChI is InChI=1S/C10H12F2N2O3S/c1-6-3-4-7(14-10(15)9(11)12)5-8(6)18(16,17)13-2/h3-5,9,13H,1-2H3,(H,14,15). The molecule has 1 rings (SSSR count). The van der Waals surface area contributed by atoms with Crippen LogP contribution in [0.3, 0.4) is 0 Å². The molecule has 18 heavy (non-hydrogen) atoms. The number of hydrogen-bond acceptors (Lipinski definition) is 3. The molecule has 0 bridgehead atoms. The number of benzene rings is 1. The van der Waals surface area contributed by atoms with Gasteiger partial charge in [0.2, 0.25) is 10.0 Å². The number of carbonyl (C=O) groups excluding carboxylic acids is 1. The monoisotopic (exact) mass is 278 g/mol. The highest BCUT2D eigenvalue weighted by atomic mass is 32.2. The van der Waals surface area contributed by atoms with Crippen LogP contribution in [0.2, 0.25) is 0 Å². The zero-order valence-electron chi connectivity index (χ0n) is 9.70. The molecule has 0 atom stereocenters. The Balaban J connectivity index is 3.13. The summed E-state index contributed by atoms with van der Waals surface area (Å²) in [5, 5.41) is 1.92. The maximum atomic E-state index is 12.1. The first-order valence-corrected chi connectivity index (χ1v) is 6.39. The van der Waals surface area contributed by atoms with Crippen LogP contribution in [0.1, 0.15) is 5.56 Å². The first-order chi connectivity index (χ1) is 8.27. The van der Waals surface area contributed by atoms with Crippen molar-refractivity contribution in [3.8, 4) is 0 Å². The Kier molecular flexibility index (Phi) is 4.36. The van der Waals surface area contributed by atoms with E-state index in [0.29, 0.717) is 5.56 Å². The summed E-state index contributed by atoms with van der Waals surface area (Å²) >= 11 is 0. The molecule has 0 saturated carbocycles. The third-order valence-corrected chi connectivity index (χ3v) is 3.77. The Morgan fingerprint density at radius 1 is 1.33 bits per heavy atom. The number of alkyl halides is 2. The first-order valence-electron chi connectivity index (χ1n) is 4.91. The number of rotatable bonds is 4. The lowest BCUT2D eigenvalue weighted by Crippen LogP contribution is -2.22. The summed E-state index contributed by atoms with van der Waals surface area (Å²) in [6.07, 6.45) is -3.16. The summed E-state index contributed by atoms with van der Waals surface area (Å²) in [6.45, 7) is 1.56. The van der Waals surface area contributed by atoms with E-state index < -0.39 is 22.4 Å². The number of halogens is 2. The van der Waals surface area contributed by atoms with E-state index in [0.717, 1.165) is 6.07 Å². The first kappa shape index (κ1) is 14.5. The number of sulfonamides is 1. The third-order valence-electron chi connectivity index (χ3n) is 2.21. The van der Waals surface area contributed by atoms with E-state index in [2.05, 4.69) is 4.72 Å². The molecule has 0 unspecified atom stereocenters. The minimum Gasteiger partial charge on any atom is -0.321 e. The van der Waals surface area contributed by atoms with Gasteiger partial charge >= 0.3 is 6.43 Å². The number of aryl methyl sites for hydroxylation is 1. The van der Waals surface area contributed by atoms with Gasteiger partial charge in [-0.05, 0) is 31.7 Å². The zero-order valence-corrected chi connectivity index (χ0v) is 10.5. The Labute approximate surface area is 103 Å². The van der Waals surface area contributed by atoms with Gasteiger partial charge in [0.1, 0.15) is 0 Å². The molecule has 100 valence electrons. The van der Waals surface area contributed by atoms with Gasteiger partial charge in [-0.3, -0.25) is 4.79 Å². The quantitative estimate of drug-likeness (QED) is 0.866. The number of nitrogens with one attached hydrogen (secondary N) is 2. The largest absolute Gasteiger partial charge is 0.321 e. The highest BCUT2D eigenvalue weighted by Gasteiger charge is 2.18. The van der Waals surface area contributed by atoms with Crippen LogP contribution in [-0.2, 0) is 14.8 Å². The molecule has 0 aliphatic carbocycles. The Bertz CT molecular complexity index is 558. The topological polar surface area (TPSA) is 75.3 Å². The average molecular weight is 278 g/mol. The summed E-state index contributed by atoms with van der Waals surface area (Å²) in [7, 11) is -2.46. The van der Waals surface area contributed by atoms with Gasteiger partial charge in [0.25, 0.3) is 5.91 Å². The van der Waals surface area contributed by atoms with E-state index in [9.17, 15) is 22.0 Å². The van der Waals surface area contributed by atoms with E-state index in [1.54, 1.807) is 6.92 Å². The molecule has 0 aliphatic heterocycles. The maximum absolute atomic E-state index is 12.1. The molecular weight excluding hydrogens is 266 g/mol.